The third-order valence-electron chi connectivity index (χ3n) is 2.93. The first-order valence-electron chi connectivity index (χ1n) is 5.62. The molecule has 1 unspecified atom stereocenters. The highest BCUT2D eigenvalue weighted by molar-refractivity contribution is 6.10. The maximum Gasteiger partial charge on any atom is 0.316 e. The van der Waals surface area contributed by atoms with Gasteiger partial charge in [0.2, 0.25) is 0 Å². The van der Waals surface area contributed by atoms with E-state index in [1.807, 2.05) is 0 Å². The molecule has 2 rings (SSSR count). The fourth-order valence-corrected chi connectivity index (χ4v) is 2.08. The molecule has 17 heavy (non-hydrogen) atoms. The van der Waals surface area contributed by atoms with E-state index < -0.39 is 17.7 Å². The number of aryl methyl sites for hydroxylation is 1. The molecular formula is C13H13FO3. The average molecular weight is 236 g/mol. The second kappa shape index (κ2) is 4.65. The number of ketones is 1. The maximum absolute atomic E-state index is 13.1. The Morgan fingerprint density at radius 1 is 1.53 bits per heavy atom. The molecule has 0 radical (unpaired) electrons. The number of esters is 1. The molecule has 0 heterocycles. The van der Waals surface area contributed by atoms with Gasteiger partial charge in [0.05, 0.1) is 6.61 Å². The first-order valence-corrected chi connectivity index (χ1v) is 5.62. The lowest BCUT2D eigenvalue weighted by Gasteiger charge is -2.21. The fourth-order valence-electron chi connectivity index (χ4n) is 2.08. The Morgan fingerprint density at radius 3 is 3.00 bits per heavy atom. The van der Waals surface area contributed by atoms with Gasteiger partial charge in [-0.05, 0) is 37.5 Å². The Bertz CT molecular complexity index is 468. The third-order valence-corrected chi connectivity index (χ3v) is 2.93. The van der Waals surface area contributed by atoms with Gasteiger partial charge in [-0.25, -0.2) is 4.39 Å². The number of fused-ring (bicyclic) bond motifs is 1. The average Bonchev–Trinajstić information content (AvgIpc) is 2.30. The van der Waals surface area contributed by atoms with Crippen LogP contribution in [0.2, 0.25) is 0 Å². The lowest BCUT2D eigenvalue weighted by molar-refractivity contribution is -0.146. The van der Waals surface area contributed by atoms with Gasteiger partial charge in [-0.3, -0.25) is 9.59 Å². The van der Waals surface area contributed by atoms with E-state index in [9.17, 15) is 14.0 Å². The van der Waals surface area contributed by atoms with Crippen molar-refractivity contribution in [1.29, 1.82) is 0 Å². The first-order chi connectivity index (χ1) is 8.13. The summed E-state index contributed by atoms with van der Waals surface area (Å²) in [5.74, 6) is -2.07. The van der Waals surface area contributed by atoms with Crippen molar-refractivity contribution in [1.82, 2.24) is 0 Å². The van der Waals surface area contributed by atoms with Crippen LogP contribution in [0.15, 0.2) is 18.2 Å². The van der Waals surface area contributed by atoms with Crippen molar-refractivity contribution in [2.24, 2.45) is 5.92 Å². The SMILES string of the molecule is CCOC(=O)C1CCc2ccc(F)cc2C1=O. The molecule has 0 aliphatic heterocycles. The van der Waals surface area contributed by atoms with Crippen LogP contribution in [0, 0.1) is 11.7 Å². The van der Waals surface area contributed by atoms with Crippen molar-refractivity contribution in [2.45, 2.75) is 19.8 Å². The third kappa shape index (κ3) is 2.20. The maximum atomic E-state index is 13.1. The van der Waals surface area contributed by atoms with Gasteiger partial charge in [-0.2, -0.15) is 0 Å². The summed E-state index contributed by atoms with van der Waals surface area (Å²) < 4.78 is 17.9. The van der Waals surface area contributed by atoms with Crippen molar-refractivity contribution < 1.29 is 18.7 Å². The van der Waals surface area contributed by atoms with Gasteiger partial charge in [0.1, 0.15) is 11.7 Å². The molecule has 0 spiro atoms. The smallest absolute Gasteiger partial charge is 0.316 e. The lowest BCUT2D eigenvalue weighted by Crippen LogP contribution is -2.31. The number of ether oxygens (including phenoxy) is 1. The summed E-state index contributed by atoms with van der Waals surface area (Å²) in [7, 11) is 0. The summed E-state index contributed by atoms with van der Waals surface area (Å²) in [5, 5.41) is 0. The number of hydrogen-bond acceptors (Lipinski definition) is 3. The van der Waals surface area contributed by atoms with Crippen LogP contribution >= 0.6 is 0 Å². The van der Waals surface area contributed by atoms with E-state index in [-0.39, 0.29) is 12.4 Å². The minimum Gasteiger partial charge on any atom is -0.465 e. The zero-order valence-corrected chi connectivity index (χ0v) is 9.53. The molecule has 1 aliphatic rings. The monoisotopic (exact) mass is 236 g/mol. The fraction of sp³-hybridized carbons (Fsp3) is 0.385. The van der Waals surface area contributed by atoms with Crippen molar-refractivity contribution in [3.05, 3.63) is 35.1 Å². The molecular weight excluding hydrogens is 223 g/mol. The molecule has 0 aromatic heterocycles. The van der Waals surface area contributed by atoms with Crippen LogP contribution in [-0.2, 0) is 16.0 Å². The Labute approximate surface area is 98.6 Å². The minimum absolute atomic E-state index is 0.249. The molecule has 3 nitrogen and oxygen atoms in total. The van der Waals surface area contributed by atoms with Crippen molar-refractivity contribution in [2.75, 3.05) is 6.61 Å². The molecule has 1 atom stereocenters. The molecule has 1 aliphatic carbocycles. The molecule has 1 aromatic rings. The van der Waals surface area contributed by atoms with Crippen LogP contribution < -0.4 is 0 Å². The minimum atomic E-state index is -0.774. The van der Waals surface area contributed by atoms with Gasteiger partial charge in [-0.15, -0.1) is 0 Å². The molecule has 4 heteroatoms. The largest absolute Gasteiger partial charge is 0.465 e. The summed E-state index contributed by atoms with van der Waals surface area (Å²) in [6, 6.07) is 4.13. The van der Waals surface area contributed by atoms with Crippen molar-refractivity contribution >= 4 is 11.8 Å². The molecule has 90 valence electrons. The Morgan fingerprint density at radius 2 is 2.29 bits per heavy atom. The van der Waals surface area contributed by atoms with Gasteiger partial charge >= 0.3 is 5.97 Å². The summed E-state index contributed by atoms with van der Waals surface area (Å²) in [4.78, 5) is 23.6. The van der Waals surface area contributed by atoms with E-state index in [0.29, 0.717) is 18.4 Å². The van der Waals surface area contributed by atoms with E-state index >= 15 is 0 Å². The molecule has 0 saturated carbocycles. The van der Waals surface area contributed by atoms with Gasteiger partial charge in [0.15, 0.2) is 5.78 Å². The molecule has 0 saturated heterocycles. The van der Waals surface area contributed by atoms with Crippen LogP contribution in [0.3, 0.4) is 0 Å². The Hall–Kier alpha value is -1.71. The zero-order chi connectivity index (χ0) is 12.4. The highest BCUT2D eigenvalue weighted by atomic mass is 19.1. The van der Waals surface area contributed by atoms with E-state index in [0.717, 1.165) is 5.56 Å². The van der Waals surface area contributed by atoms with Gasteiger partial charge < -0.3 is 4.74 Å². The molecule has 0 amide bonds. The predicted molar refractivity (Wildman–Crippen MR) is 59.2 cm³/mol. The quantitative estimate of drug-likeness (QED) is 0.583. The zero-order valence-electron chi connectivity index (χ0n) is 9.53. The van der Waals surface area contributed by atoms with Crippen molar-refractivity contribution in [3.8, 4) is 0 Å². The Balaban J connectivity index is 2.29. The van der Waals surface area contributed by atoms with Crippen molar-refractivity contribution in [3.63, 3.8) is 0 Å². The van der Waals surface area contributed by atoms with Gasteiger partial charge in [-0.1, -0.05) is 6.07 Å². The summed E-state index contributed by atoms with van der Waals surface area (Å²) in [6.07, 6.45) is 1.04. The summed E-state index contributed by atoms with van der Waals surface area (Å²) in [5.41, 5.74) is 1.12. The number of Topliss-reactive ketones (excluding diaryl/α,β-unsaturated/α-hetero) is 1. The lowest BCUT2D eigenvalue weighted by atomic mass is 9.83. The Kier molecular flexibility index (Phi) is 3.22. The number of carbonyl (C=O) groups is 2. The summed E-state index contributed by atoms with van der Waals surface area (Å²) >= 11 is 0. The number of halogens is 1. The van der Waals surface area contributed by atoms with E-state index in [1.54, 1.807) is 13.0 Å². The number of carbonyl (C=O) groups excluding carboxylic acids is 2. The molecule has 0 N–H and O–H groups in total. The molecule has 1 aromatic carbocycles. The van der Waals surface area contributed by atoms with Crippen LogP contribution in [0.1, 0.15) is 29.3 Å². The second-order valence-electron chi connectivity index (χ2n) is 4.01. The number of hydrogen-bond donors (Lipinski definition) is 0. The number of rotatable bonds is 2. The van der Waals surface area contributed by atoms with Crippen LogP contribution in [0.25, 0.3) is 0 Å². The van der Waals surface area contributed by atoms with E-state index in [4.69, 9.17) is 4.74 Å². The molecule has 0 bridgehead atoms. The topological polar surface area (TPSA) is 43.4 Å². The van der Waals surface area contributed by atoms with Gasteiger partial charge in [0, 0.05) is 5.56 Å². The van der Waals surface area contributed by atoms with E-state index in [1.165, 1.54) is 12.1 Å². The van der Waals surface area contributed by atoms with Crippen LogP contribution in [-0.4, -0.2) is 18.4 Å². The highest BCUT2D eigenvalue weighted by Crippen LogP contribution is 2.27. The standard InChI is InChI=1S/C13H13FO3/c1-2-17-13(16)10-6-4-8-3-5-9(14)7-11(8)12(10)15/h3,5,7,10H,2,4,6H2,1H3. The van der Waals surface area contributed by atoms with Crippen LogP contribution in [0.4, 0.5) is 4.39 Å². The first kappa shape index (κ1) is 11.8. The highest BCUT2D eigenvalue weighted by Gasteiger charge is 2.33. The predicted octanol–water partition coefficient (Wildman–Crippen LogP) is 2.13. The number of benzene rings is 1. The molecule has 0 fully saturated rings. The summed E-state index contributed by atoms with van der Waals surface area (Å²) in [6.45, 7) is 1.94. The van der Waals surface area contributed by atoms with E-state index in [2.05, 4.69) is 0 Å². The normalized spacial score (nSPS) is 18.7. The second-order valence-corrected chi connectivity index (χ2v) is 4.01. The van der Waals surface area contributed by atoms with Crippen LogP contribution in [0.5, 0.6) is 0 Å². The van der Waals surface area contributed by atoms with Gasteiger partial charge in [0.25, 0.3) is 0 Å².